The maximum atomic E-state index is 10.9. The summed E-state index contributed by atoms with van der Waals surface area (Å²) in [4.78, 5) is 10.5. The van der Waals surface area contributed by atoms with Crippen molar-refractivity contribution in [3.63, 3.8) is 0 Å². The minimum atomic E-state index is -0.396. The van der Waals surface area contributed by atoms with Gasteiger partial charge in [-0.1, -0.05) is 0 Å². The molecule has 2 aromatic rings. The minimum absolute atomic E-state index is 0.0612. The molecule has 0 radical (unpaired) electrons. The Hall–Kier alpha value is -2.08. The van der Waals surface area contributed by atoms with Gasteiger partial charge in [-0.3, -0.25) is 10.1 Å². The predicted octanol–water partition coefficient (Wildman–Crippen LogP) is 3.32. The second-order valence-electron chi connectivity index (χ2n) is 3.95. The van der Waals surface area contributed by atoms with Crippen LogP contribution in [0.3, 0.4) is 0 Å². The number of hydrogen-bond donors (Lipinski definition) is 1. The van der Waals surface area contributed by atoms with E-state index < -0.39 is 4.92 Å². The van der Waals surface area contributed by atoms with Gasteiger partial charge in [0.05, 0.1) is 12.0 Å². The Morgan fingerprint density at radius 1 is 1.42 bits per heavy atom. The highest BCUT2D eigenvalue weighted by atomic mass is 32.1. The summed E-state index contributed by atoms with van der Waals surface area (Å²) in [6, 6.07) is 6.73. The number of ether oxygens (including phenoxy) is 1. The molecule has 1 heterocycles. The Morgan fingerprint density at radius 2 is 2.26 bits per heavy atom. The summed E-state index contributed by atoms with van der Waals surface area (Å²) in [5.41, 5.74) is 1.77. The van der Waals surface area contributed by atoms with Crippen LogP contribution in [0.15, 0.2) is 35.0 Å². The van der Waals surface area contributed by atoms with E-state index in [0.717, 1.165) is 6.42 Å². The van der Waals surface area contributed by atoms with Gasteiger partial charge in [-0.05, 0) is 34.9 Å². The summed E-state index contributed by atoms with van der Waals surface area (Å²) in [5.74, 6) is 0.601. The van der Waals surface area contributed by atoms with Gasteiger partial charge in [0.1, 0.15) is 11.4 Å². The van der Waals surface area contributed by atoms with Crippen LogP contribution in [0.2, 0.25) is 0 Å². The first-order valence-corrected chi connectivity index (χ1v) is 6.72. The molecule has 0 unspecified atom stereocenters. The highest BCUT2D eigenvalue weighted by Crippen LogP contribution is 2.28. The van der Waals surface area contributed by atoms with E-state index in [1.165, 1.54) is 18.7 Å². The Morgan fingerprint density at radius 3 is 2.89 bits per heavy atom. The molecule has 0 saturated heterocycles. The molecule has 1 aromatic carbocycles. The van der Waals surface area contributed by atoms with Crippen molar-refractivity contribution in [2.24, 2.45) is 0 Å². The van der Waals surface area contributed by atoms with Crippen molar-refractivity contribution < 1.29 is 9.66 Å². The maximum absolute atomic E-state index is 10.9. The molecule has 0 aliphatic carbocycles. The molecule has 2 rings (SSSR count). The number of methoxy groups -OCH3 is 1. The van der Waals surface area contributed by atoms with Gasteiger partial charge in [0, 0.05) is 18.7 Å². The fraction of sp³-hybridized carbons (Fsp3) is 0.231. The van der Waals surface area contributed by atoms with E-state index in [1.807, 2.05) is 11.4 Å². The summed E-state index contributed by atoms with van der Waals surface area (Å²) >= 11 is 1.64. The van der Waals surface area contributed by atoms with Crippen LogP contribution in [-0.4, -0.2) is 18.6 Å². The number of hydrogen-bond acceptors (Lipinski definition) is 5. The van der Waals surface area contributed by atoms with Crippen LogP contribution in [0.25, 0.3) is 0 Å². The first-order valence-electron chi connectivity index (χ1n) is 5.78. The van der Waals surface area contributed by atoms with Crippen molar-refractivity contribution in [2.75, 3.05) is 19.0 Å². The van der Waals surface area contributed by atoms with E-state index in [9.17, 15) is 10.1 Å². The fourth-order valence-corrected chi connectivity index (χ4v) is 2.42. The zero-order valence-corrected chi connectivity index (χ0v) is 11.3. The van der Waals surface area contributed by atoms with Gasteiger partial charge in [-0.15, -0.1) is 0 Å². The normalized spacial score (nSPS) is 10.2. The third kappa shape index (κ3) is 3.45. The second kappa shape index (κ2) is 6.19. The SMILES string of the molecule is COc1ccc([N+](=O)[O-])c(NCCc2ccsc2)c1. The molecule has 0 saturated carbocycles. The minimum Gasteiger partial charge on any atom is -0.497 e. The van der Waals surface area contributed by atoms with Crippen molar-refractivity contribution in [1.82, 2.24) is 0 Å². The van der Waals surface area contributed by atoms with Crippen LogP contribution in [0.1, 0.15) is 5.56 Å². The molecule has 0 bridgehead atoms. The molecule has 1 N–H and O–H groups in total. The number of rotatable bonds is 6. The van der Waals surface area contributed by atoms with Crippen molar-refractivity contribution in [3.05, 3.63) is 50.7 Å². The van der Waals surface area contributed by atoms with Crippen LogP contribution in [-0.2, 0) is 6.42 Å². The van der Waals surface area contributed by atoms with Gasteiger partial charge in [-0.25, -0.2) is 0 Å². The smallest absolute Gasteiger partial charge is 0.292 e. The third-order valence-electron chi connectivity index (χ3n) is 2.71. The largest absolute Gasteiger partial charge is 0.497 e. The molecule has 0 atom stereocenters. The number of benzene rings is 1. The topological polar surface area (TPSA) is 64.4 Å². The Bertz CT molecular complexity index is 555. The summed E-state index contributed by atoms with van der Waals surface area (Å²) < 4.78 is 5.08. The lowest BCUT2D eigenvalue weighted by atomic mass is 10.2. The number of anilines is 1. The first-order chi connectivity index (χ1) is 9.20. The summed E-state index contributed by atoms with van der Waals surface area (Å²) in [5, 5.41) is 18.1. The van der Waals surface area contributed by atoms with Crippen molar-refractivity contribution in [3.8, 4) is 5.75 Å². The molecule has 0 aliphatic heterocycles. The van der Waals surface area contributed by atoms with Gasteiger partial charge in [-0.2, -0.15) is 11.3 Å². The van der Waals surface area contributed by atoms with Gasteiger partial charge < -0.3 is 10.1 Å². The lowest BCUT2D eigenvalue weighted by Gasteiger charge is -2.08. The van der Waals surface area contributed by atoms with Crippen LogP contribution in [0.4, 0.5) is 11.4 Å². The highest BCUT2D eigenvalue weighted by Gasteiger charge is 2.14. The average Bonchev–Trinajstić information content (AvgIpc) is 2.91. The standard InChI is InChI=1S/C13H14N2O3S/c1-18-11-2-3-13(15(16)17)12(8-11)14-6-4-10-5-7-19-9-10/h2-3,5,7-9,14H,4,6H2,1H3. The van der Waals surface area contributed by atoms with Crippen LogP contribution >= 0.6 is 11.3 Å². The molecule has 1 aromatic heterocycles. The Labute approximate surface area is 115 Å². The fourth-order valence-electron chi connectivity index (χ4n) is 1.72. The molecular formula is C13H14N2O3S. The van der Waals surface area contributed by atoms with Crippen LogP contribution < -0.4 is 10.1 Å². The van der Waals surface area contributed by atoms with Crippen LogP contribution in [0, 0.1) is 10.1 Å². The molecule has 0 amide bonds. The Kier molecular flexibility index (Phi) is 4.35. The first kappa shape index (κ1) is 13.4. The molecule has 0 fully saturated rings. The molecule has 19 heavy (non-hydrogen) atoms. The Balaban J connectivity index is 2.06. The van der Waals surface area contributed by atoms with Gasteiger partial charge in [0.2, 0.25) is 0 Å². The number of nitrogens with one attached hydrogen (secondary N) is 1. The monoisotopic (exact) mass is 278 g/mol. The van der Waals surface area contributed by atoms with Gasteiger partial charge in [0.15, 0.2) is 0 Å². The molecule has 100 valence electrons. The van der Waals surface area contributed by atoms with Crippen LogP contribution in [0.5, 0.6) is 5.75 Å². The molecule has 0 spiro atoms. The van der Waals surface area contributed by atoms with E-state index in [2.05, 4.69) is 10.7 Å². The predicted molar refractivity (Wildman–Crippen MR) is 76.2 cm³/mol. The molecular weight excluding hydrogens is 264 g/mol. The zero-order valence-electron chi connectivity index (χ0n) is 10.5. The van der Waals surface area contributed by atoms with E-state index in [-0.39, 0.29) is 5.69 Å². The number of nitro groups is 1. The van der Waals surface area contributed by atoms with Crippen molar-refractivity contribution in [1.29, 1.82) is 0 Å². The average molecular weight is 278 g/mol. The number of nitro benzene ring substituents is 1. The third-order valence-corrected chi connectivity index (χ3v) is 3.44. The second-order valence-corrected chi connectivity index (χ2v) is 4.73. The van der Waals surface area contributed by atoms with E-state index >= 15 is 0 Å². The van der Waals surface area contributed by atoms with Crippen molar-refractivity contribution in [2.45, 2.75) is 6.42 Å². The van der Waals surface area contributed by atoms with E-state index in [4.69, 9.17) is 4.74 Å². The summed E-state index contributed by atoms with van der Waals surface area (Å²) in [6.45, 7) is 0.644. The lowest BCUT2D eigenvalue weighted by Crippen LogP contribution is -2.06. The molecule has 5 nitrogen and oxygen atoms in total. The molecule has 6 heteroatoms. The van der Waals surface area contributed by atoms with E-state index in [1.54, 1.807) is 23.5 Å². The number of thiophene rings is 1. The number of nitrogens with zero attached hydrogens (tertiary/aromatic N) is 1. The zero-order chi connectivity index (χ0) is 13.7. The lowest BCUT2D eigenvalue weighted by molar-refractivity contribution is -0.384. The van der Waals surface area contributed by atoms with E-state index in [0.29, 0.717) is 18.0 Å². The molecule has 0 aliphatic rings. The van der Waals surface area contributed by atoms with Gasteiger partial charge >= 0.3 is 0 Å². The quantitative estimate of drug-likeness (QED) is 0.650. The maximum Gasteiger partial charge on any atom is 0.292 e. The summed E-state index contributed by atoms with van der Waals surface area (Å²) in [7, 11) is 1.54. The van der Waals surface area contributed by atoms with Crippen molar-refractivity contribution >= 4 is 22.7 Å². The van der Waals surface area contributed by atoms with Gasteiger partial charge in [0.25, 0.3) is 5.69 Å². The summed E-state index contributed by atoms with van der Waals surface area (Å²) in [6.07, 6.45) is 0.831. The highest BCUT2D eigenvalue weighted by molar-refractivity contribution is 7.07.